The van der Waals surface area contributed by atoms with E-state index in [0.717, 1.165) is 25.7 Å². The molecule has 2 atom stereocenters. The summed E-state index contributed by atoms with van der Waals surface area (Å²) in [4.78, 5) is 1.83. The first-order valence-corrected chi connectivity index (χ1v) is 6.79. The Hall–Kier alpha value is -1.36. The van der Waals surface area contributed by atoms with Crippen molar-refractivity contribution in [2.45, 2.75) is 37.8 Å². The van der Waals surface area contributed by atoms with Crippen molar-refractivity contribution in [3.05, 3.63) is 23.8 Å². The van der Waals surface area contributed by atoms with Gasteiger partial charge in [0, 0.05) is 12.2 Å². The van der Waals surface area contributed by atoms with Gasteiger partial charge in [0.1, 0.15) is 5.69 Å². The van der Waals surface area contributed by atoms with E-state index in [1.807, 2.05) is 4.90 Å². The van der Waals surface area contributed by atoms with E-state index in [4.69, 9.17) is 10.5 Å². The highest BCUT2D eigenvalue weighted by atomic mass is 19.1. The van der Waals surface area contributed by atoms with Gasteiger partial charge in [0.05, 0.1) is 18.8 Å². The lowest BCUT2D eigenvalue weighted by molar-refractivity contribution is -0.00915. The van der Waals surface area contributed by atoms with Gasteiger partial charge in [-0.1, -0.05) is 12.8 Å². The molecule has 1 aromatic rings. The van der Waals surface area contributed by atoms with Crippen molar-refractivity contribution in [3.8, 4) is 0 Å². The number of nitrogens with zero attached hydrogens (tertiary/aromatic N) is 1. The monoisotopic (exact) mass is 268 g/mol. The van der Waals surface area contributed by atoms with E-state index >= 15 is 0 Å². The first kappa shape index (κ1) is 12.7. The highest BCUT2D eigenvalue weighted by Gasteiger charge is 2.36. The van der Waals surface area contributed by atoms with E-state index in [-0.39, 0.29) is 23.5 Å². The molecule has 0 radical (unpaired) electrons. The number of hydrogen-bond acceptors (Lipinski definition) is 3. The lowest BCUT2D eigenvalue weighted by Gasteiger charge is -2.45. The number of anilines is 2. The molecule has 1 heterocycles. The minimum atomic E-state index is -0.580. The SMILES string of the molecule is Nc1cc(F)c(N2CCOC3CCCCC32)c(F)c1. The second-order valence-corrected chi connectivity index (χ2v) is 5.29. The Bertz CT molecular complexity index is 456. The number of ether oxygens (including phenoxy) is 1. The highest BCUT2D eigenvalue weighted by Crippen LogP contribution is 2.35. The smallest absolute Gasteiger partial charge is 0.151 e. The Morgan fingerprint density at radius 2 is 1.84 bits per heavy atom. The molecule has 19 heavy (non-hydrogen) atoms. The first-order valence-electron chi connectivity index (χ1n) is 6.79. The van der Waals surface area contributed by atoms with Crippen molar-refractivity contribution < 1.29 is 13.5 Å². The van der Waals surface area contributed by atoms with Crippen molar-refractivity contribution in [2.75, 3.05) is 23.8 Å². The maximum Gasteiger partial charge on any atom is 0.151 e. The number of nitrogens with two attached hydrogens (primary N) is 1. The topological polar surface area (TPSA) is 38.5 Å². The van der Waals surface area contributed by atoms with E-state index in [1.165, 1.54) is 12.1 Å². The third-order valence-corrected chi connectivity index (χ3v) is 4.06. The molecule has 2 unspecified atom stereocenters. The van der Waals surface area contributed by atoms with Crippen LogP contribution in [0.1, 0.15) is 25.7 Å². The minimum absolute atomic E-state index is 0.0504. The van der Waals surface area contributed by atoms with Crippen LogP contribution in [-0.4, -0.2) is 25.3 Å². The maximum atomic E-state index is 14.1. The Morgan fingerprint density at radius 3 is 2.58 bits per heavy atom. The van der Waals surface area contributed by atoms with Gasteiger partial charge in [-0.25, -0.2) is 8.78 Å². The number of halogens is 2. The molecule has 2 aliphatic rings. The van der Waals surface area contributed by atoms with Crippen LogP contribution in [-0.2, 0) is 4.74 Å². The molecule has 3 nitrogen and oxygen atoms in total. The van der Waals surface area contributed by atoms with E-state index in [0.29, 0.717) is 13.2 Å². The number of benzene rings is 1. The van der Waals surface area contributed by atoms with E-state index in [9.17, 15) is 8.78 Å². The number of morpholine rings is 1. The summed E-state index contributed by atoms with van der Waals surface area (Å²) in [6.45, 7) is 1.04. The summed E-state index contributed by atoms with van der Waals surface area (Å²) in [5.74, 6) is -1.16. The van der Waals surface area contributed by atoms with Crippen LogP contribution in [0.3, 0.4) is 0 Å². The van der Waals surface area contributed by atoms with Crippen molar-refractivity contribution in [1.82, 2.24) is 0 Å². The molecule has 3 rings (SSSR count). The average molecular weight is 268 g/mol. The van der Waals surface area contributed by atoms with Crippen LogP contribution in [0, 0.1) is 11.6 Å². The molecule has 5 heteroatoms. The average Bonchev–Trinajstić information content (AvgIpc) is 2.38. The number of nitrogen functional groups attached to an aromatic ring is 1. The first-order chi connectivity index (χ1) is 9.16. The van der Waals surface area contributed by atoms with Gasteiger partial charge in [0.25, 0.3) is 0 Å². The summed E-state index contributed by atoms with van der Waals surface area (Å²) in [7, 11) is 0. The molecule has 1 aromatic carbocycles. The van der Waals surface area contributed by atoms with Crippen molar-refractivity contribution in [1.29, 1.82) is 0 Å². The molecule has 0 bridgehead atoms. The lowest BCUT2D eigenvalue weighted by atomic mass is 9.89. The van der Waals surface area contributed by atoms with Crippen molar-refractivity contribution in [2.24, 2.45) is 0 Å². The Kier molecular flexibility index (Phi) is 3.31. The van der Waals surface area contributed by atoms with Gasteiger partial charge in [-0.15, -0.1) is 0 Å². The summed E-state index contributed by atoms with van der Waals surface area (Å²) in [6.07, 6.45) is 4.20. The normalized spacial score (nSPS) is 27.2. The predicted molar refractivity (Wildman–Crippen MR) is 70.1 cm³/mol. The summed E-state index contributed by atoms with van der Waals surface area (Å²) in [5, 5.41) is 0. The summed E-state index contributed by atoms with van der Waals surface area (Å²) in [5.41, 5.74) is 5.63. The Labute approximate surface area is 111 Å². The molecule has 0 spiro atoms. The van der Waals surface area contributed by atoms with Crippen molar-refractivity contribution >= 4 is 11.4 Å². The van der Waals surface area contributed by atoms with Gasteiger partial charge in [-0.3, -0.25) is 0 Å². The number of rotatable bonds is 1. The summed E-state index contributed by atoms with van der Waals surface area (Å²) < 4.78 is 33.8. The van der Waals surface area contributed by atoms with Gasteiger partial charge < -0.3 is 15.4 Å². The van der Waals surface area contributed by atoms with E-state index in [2.05, 4.69) is 0 Å². The zero-order valence-electron chi connectivity index (χ0n) is 10.7. The molecule has 2 fully saturated rings. The van der Waals surface area contributed by atoms with Crippen LogP contribution < -0.4 is 10.6 Å². The van der Waals surface area contributed by atoms with Gasteiger partial charge in [-0.05, 0) is 25.0 Å². The van der Waals surface area contributed by atoms with Gasteiger partial charge in [0.15, 0.2) is 11.6 Å². The molecule has 104 valence electrons. The number of hydrogen-bond donors (Lipinski definition) is 1. The standard InChI is InChI=1S/C14H18F2N2O/c15-10-7-9(17)8-11(16)14(10)18-5-6-19-13-4-2-1-3-12(13)18/h7-8,12-13H,1-6,17H2. The molecule has 0 amide bonds. The minimum Gasteiger partial charge on any atom is -0.399 e. The Morgan fingerprint density at radius 1 is 1.16 bits per heavy atom. The largest absolute Gasteiger partial charge is 0.399 e. The molecule has 1 saturated carbocycles. The van der Waals surface area contributed by atoms with Crippen molar-refractivity contribution in [3.63, 3.8) is 0 Å². The zero-order valence-corrected chi connectivity index (χ0v) is 10.7. The van der Waals surface area contributed by atoms with Crippen LogP contribution in [0.4, 0.5) is 20.2 Å². The van der Waals surface area contributed by atoms with Crippen LogP contribution in [0.5, 0.6) is 0 Å². The fourth-order valence-electron chi connectivity index (χ4n) is 3.23. The maximum absolute atomic E-state index is 14.1. The lowest BCUT2D eigenvalue weighted by Crippen LogP contribution is -2.53. The molecular formula is C14H18F2N2O. The van der Waals surface area contributed by atoms with E-state index < -0.39 is 11.6 Å². The molecule has 2 N–H and O–H groups in total. The van der Waals surface area contributed by atoms with Gasteiger partial charge in [0.2, 0.25) is 0 Å². The molecule has 1 aliphatic heterocycles. The predicted octanol–water partition coefficient (Wildman–Crippen LogP) is 2.69. The van der Waals surface area contributed by atoms with Crippen LogP contribution in [0.25, 0.3) is 0 Å². The summed E-state index contributed by atoms with van der Waals surface area (Å²) >= 11 is 0. The second-order valence-electron chi connectivity index (χ2n) is 5.29. The summed E-state index contributed by atoms with van der Waals surface area (Å²) in [6, 6.07) is 2.45. The van der Waals surface area contributed by atoms with Gasteiger partial charge >= 0.3 is 0 Å². The molecule has 0 aromatic heterocycles. The third-order valence-electron chi connectivity index (χ3n) is 4.06. The zero-order chi connectivity index (χ0) is 13.4. The fraction of sp³-hybridized carbons (Fsp3) is 0.571. The Balaban J connectivity index is 1.96. The second kappa shape index (κ2) is 4.96. The molecule has 1 saturated heterocycles. The molecular weight excluding hydrogens is 250 g/mol. The van der Waals surface area contributed by atoms with Crippen LogP contribution in [0.15, 0.2) is 12.1 Å². The van der Waals surface area contributed by atoms with Crippen LogP contribution in [0.2, 0.25) is 0 Å². The third kappa shape index (κ3) is 2.27. The van der Waals surface area contributed by atoms with Gasteiger partial charge in [-0.2, -0.15) is 0 Å². The quantitative estimate of drug-likeness (QED) is 0.796. The molecule has 1 aliphatic carbocycles. The highest BCUT2D eigenvalue weighted by molar-refractivity contribution is 5.57. The number of fused-ring (bicyclic) bond motifs is 1. The van der Waals surface area contributed by atoms with Crippen LogP contribution >= 0.6 is 0 Å². The van der Waals surface area contributed by atoms with E-state index in [1.54, 1.807) is 0 Å². The fourth-order valence-corrected chi connectivity index (χ4v) is 3.23.